The molecule has 0 saturated heterocycles. The maximum atomic E-state index is 13.6. The van der Waals surface area contributed by atoms with Crippen molar-refractivity contribution in [1.82, 2.24) is 4.98 Å². The van der Waals surface area contributed by atoms with Gasteiger partial charge >= 0.3 is 0 Å². The van der Waals surface area contributed by atoms with E-state index in [1.165, 1.54) is 6.07 Å². The van der Waals surface area contributed by atoms with Crippen molar-refractivity contribution in [1.29, 1.82) is 0 Å². The molecule has 94 valence electrons. The smallest absolute Gasteiger partial charge is 0.152 e. The monoisotopic (exact) mass is 328 g/mol. The molecule has 0 aliphatic rings. The zero-order chi connectivity index (χ0) is 13.1. The fourth-order valence-electron chi connectivity index (χ4n) is 1.60. The summed E-state index contributed by atoms with van der Waals surface area (Å²) in [5.41, 5.74) is 2.28. The highest BCUT2D eigenvalue weighted by Crippen LogP contribution is 2.24. The van der Waals surface area contributed by atoms with Gasteiger partial charge in [-0.2, -0.15) is 0 Å². The lowest BCUT2D eigenvalue weighted by Gasteiger charge is -2.11. The topological polar surface area (TPSA) is 24.9 Å². The van der Waals surface area contributed by atoms with E-state index in [0.29, 0.717) is 17.3 Å². The van der Waals surface area contributed by atoms with E-state index >= 15 is 0 Å². The Bertz CT molecular complexity index is 555. The van der Waals surface area contributed by atoms with Crippen molar-refractivity contribution < 1.29 is 4.39 Å². The van der Waals surface area contributed by atoms with Crippen molar-refractivity contribution in [3.05, 3.63) is 57.0 Å². The summed E-state index contributed by atoms with van der Waals surface area (Å²) in [6.07, 6.45) is 1.64. The van der Waals surface area contributed by atoms with Gasteiger partial charge in [-0.25, -0.2) is 9.37 Å². The van der Waals surface area contributed by atoms with E-state index in [9.17, 15) is 4.39 Å². The number of halogens is 3. The second kappa shape index (κ2) is 5.67. The number of hydrogen-bond acceptors (Lipinski definition) is 2. The fraction of sp³-hybridized carbons (Fsp3) is 0.154. The molecule has 0 atom stereocenters. The molecule has 1 aromatic carbocycles. The second-order valence-electron chi connectivity index (χ2n) is 3.88. The number of nitrogens with zero attached hydrogens (tertiary/aromatic N) is 1. The normalized spacial score (nSPS) is 10.4. The summed E-state index contributed by atoms with van der Waals surface area (Å²) in [6, 6.07) is 6.69. The van der Waals surface area contributed by atoms with Gasteiger partial charge in [-0.3, -0.25) is 0 Å². The van der Waals surface area contributed by atoms with Crippen LogP contribution in [0.2, 0.25) is 5.15 Å². The number of aryl methyl sites for hydroxylation is 1. The molecule has 0 bridgehead atoms. The highest BCUT2D eigenvalue weighted by molar-refractivity contribution is 9.10. The van der Waals surface area contributed by atoms with E-state index in [1.54, 1.807) is 18.3 Å². The van der Waals surface area contributed by atoms with Crippen molar-refractivity contribution in [2.75, 3.05) is 5.32 Å². The van der Waals surface area contributed by atoms with E-state index in [0.717, 1.165) is 15.7 Å². The molecule has 0 unspecified atom stereocenters. The Labute approximate surface area is 118 Å². The van der Waals surface area contributed by atoms with Gasteiger partial charge in [-0.15, -0.1) is 0 Å². The third-order valence-corrected chi connectivity index (χ3v) is 3.36. The number of anilines is 1. The first-order chi connectivity index (χ1) is 8.58. The Kier molecular flexibility index (Phi) is 4.19. The molecular weight excluding hydrogens is 319 g/mol. The Morgan fingerprint density at radius 1 is 1.39 bits per heavy atom. The largest absolute Gasteiger partial charge is 0.378 e. The van der Waals surface area contributed by atoms with Gasteiger partial charge in [0, 0.05) is 22.8 Å². The summed E-state index contributed by atoms with van der Waals surface area (Å²) < 4.78 is 14.4. The molecule has 2 aromatic rings. The first-order valence-electron chi connectivity index (χ1n) is 5.37. The molecule has 18 heavy (non-hydrogen) atoms. The average molecular weight is 330 g/mol. The van der Waals surface area contributed by atoms with Crippen LogP contribution in [-0.2, 0) is 6.54 Å². The van der Waals surface area contributed by atoms with Gasteiger partial charge in [-0.1, -0.05) is 27.5 Å². The maximum Gasteiger partial charge on any atom is 0.152 e. The van der Waals surface area contributed by atoms with Crippen molar-refractivity contribution in [3.8, 4) is 0 Å². The number of aromatic nitrogens is 1. The van der Waals surface area contributed by atoms with Gasteiger partial charge in [0.2, 0.25) is 0 Å². The maximum absolute atomic E-state index is 13.6. The lowest BCUT2D eigenvalue weighted by molar-refractivity contribution is 0.612. The van der Waals surface area contributed by atoms with Crippen LogP contribution in [0.25, 0.3) is 0 Å². The molecule has 0 spiro atoms. The molecular formula is C13H11BrClFN2. The van der Waals surface area contributed by atoms with Crippen molar-refractivity contribution in [2.24, 2.45) is 0 Å². The molecule has 0 aliphatic carbocycles. The first kappa shape index (κ1) is 13.3. The third-order valence-electron chi connectivity index (χ3n) is 2.58. The van der Waals surface area contributed by atoms with Crippen LogP contribution in [0.15, 0.2) is 34.9 Å². The zero-order valence-electron chi connectivity index (χ0n) is 9.67. The van der Waals surface area contributed by atoms with Gasteiger partial charge in [0.25, 0.3) is 0 Å². The SMILES string of the molecule is Cc1ccnc(Cl)c1NCc1cc(Br)ccc1F. The summed E-state index contributed by atoms with van der Waals surface area (Å²) in [5, 5.41) is 3.50. The Morgan fingerprint density at radius 3 is 2.89 bits per heavy atom. The number of benzene rings is 1. The summed E-state index contributed by atoms with van der Waals surface area (Å²) >= 11 is 9.31. The minimum atomic E-state index is -0.247. The molecule has 5 heteroatoms. The van der Waals surface area contributed by atoms with Crippen LogP contribution in [0.3, 0.4) is 0 Å². The number of nitrogens with one attached hydrogen (secondary N) is 1. The van der Waals surface area contributed by atoms with Gasteiger partial charge in [0.05, 0.1) is 5.69 Å². The predicted molar refractivity (Wildman–Crippen MR) is 75.4 cm³/mol. The van der Waals surface area contributed by atoms with Crippen molar-refractivity contribution in [3.63, 3.8) is 0 Å². The summed E-state index contributed by atoms with van der Waals surface area (Å²) in [7, 11) is 0. The summed E-state index contributed by atoms with van der Waals surface area (Å²) in [5.74, 6) is -0.247. The molecule has 1 heterocycles. The molecule has 2 nitrogen and oxygen atoms in total. The molecule has 1 N–H and O–H groups in total. The van der Waals surface area contributed by atoms with Crippen LogP contribution < -0.4 is 5.32 Å². The van der Waals surface area contributed by atoms with E-state index < -0.39 is 0 Å². The van der Waals surface area contributed by atoms with Crippen LogP contribution in [0.4, 0.5) is 10.1 Å². The van der Waals surface area contributed by atoms with E-state index in [2.05, 4.69) is 26.2 Å². The van der Waals surface area contributed by atoms with Gasteiger partial charge in [-0.05, 0) is 36.8 Å². The second-order valence-corrected chi connectivity index (χ2v) is 5.16. The molecule has 0 radical (unpaired) electrons. The predicted octanol–water partition coefficient (Wildman–Crippen LogP) is 4.56. The Morgan fingerprint density at radius 2 is 2.17 bits per heavy atom. The van der Waals surface area contributed by atoms with Crippen molar-refractivity contribution in [2.45, 2.75) is 13.5 Å². The molecule has 2 rings (SSSR count). The summed E-state index contributed by atoms with van der Waals surface area (Å²) in [6.45, 7) is 2.28. The minimum absolute atomic E-state index is 0.247. The van der Waals surface area contributed by atoms with Gasteiger partial charge in [0.15, 0.2) is 5.15 Å². The lowest BCUT2D eigenvalue weighted by atomic mass is 10.2. The van der Waals surface area contributed by atoms with Crippen LogP contribution in [0.1, 0.15) is 11.1 Å². The molecule has 1 aromatic heterocycles. The van der Waals surface area contributed by atoms with Gasteiger partial charge in [0.1, 0.15) is 5.82 Å². The van der Waals surface area contributed by atoms with Crippen LogP contribution >= 0.6 is 27.5 Å². The highest BCUT2D eigenvalue weighted by Gasteiger charge is 2.07. The molecule has 0 fully saturated rings. The first-order valence-corrected chi connectivity index (χ1v) is 6.54. The van der Waals surface area contributed by atoms with E-state index in [-0.39, 0.29) is 5.82 Å². The molecule has 0 amide bonds. The van der Waals surface area contributed by atoms with Crippen LogP contribution in [0.5, 0.6) is 0 Å². The average Bonchev–Trinajstić information content (AvgIpc) is 2.33. The molecule has 0 aliphatic heterocycles. The standard InChI is InChI=1S/C13H11BrClFN2/c1-8-4-5-17-13(15)12(8)18-7-9-6-10(14)2-3-11(9)16/h2-6,18H,7H2,1H3. The van der Waals surface area contributed by atoms with Crippen molar-refractivity contribution >= 4 is 33.2 Å². The number of hydrogen-bond donors (Lipinski definition) is 1. The molecule has 0 saturated carbocycles. The fourth-order valence-corrected chi connectivity index (χ4v) is 2.28. The highest BCUT2D eigenvalue weighted by atomic mass is 79.9. The third kappa shape index (κ3) is 3.00. The Hall–Kier alpha value is -1.13. The van der Waals surface area contributed by atoms with Crippen LogP contribution in [0, 0.1) is 12.7 Å². The number of rotatable bonds is 3. The lowest BCUT2D eigenvalue weighted by Crippen LogP contribution is -2.04. The van der Waals surface area contributed by atoms with Crippen LogP contribution in [-0.4, -0.2) is 4.98 Å². The quantitative estimate of drug-likeness (QED) is 0.835. The number of pyridine rings is 1. The van der Waals surface area contributed by atoms with Gasteiger partial charge < -0.3 is 5.32 Å². The zero-order valence-corrected chi connectivity index (χ0v) is 12.0. The minimum Gasteiger partial charge on any atom is -0.378 e. The summed E-state index contributed by atoms with van der Waals surface area (Å²) in [4.78, 5) is 3.99. The van der Waals surface area contributed by atoms with E-state index in [4.69, 9.17) is 11.6 Å². The Balaban J connectivity index is 2.19. The van der Waals surface area contributed by atoms with E-state index in [1.807, 2.05) is 13.0 Å².